The van der Waals surface area contributed by atoms with E-state index in [0.29, 0.717) is 12.1 Å². The molecule has 1 saturated heterocycles. The van der Waals surface area contributed by atoms with Crippen LogP contribution in [0.2, 0.25) is 0 Å². The maximum Gasteiger partial charge on any atom is 0.251 e. The predicted octanol–water partition coefficient (Wildman–Crippen LogP) is 2.14. The molecule has 4 heteroatoms. The molecule has 21 heavy (non-hydrogen) atoms. The number of nitrogens with two attached hydrogens (primary N) is 1. The molecule has 0 aromatic heterocycles. The molecule has 116 valence electrons. The topological polar surface area (TPSA) is 58.4 Å². The summed E-state index contributed by atoms with van der Waals surface area (Å²) in [5.41, 5.74) is 7.31. The second kappa shape index (κ2) is 8.80. The van der Waals surface area contributed by atoms with Crippen LogP contribution in [0, 0.1) is 0 Å². The van der Waals surface area contributed by atoms with E-state index in [1.54, 1.807) is 0 Å². The summed E-state index contributed by atoms with van der Waals surface area (Å²) in [4.78, 5) is 14.5. The SMILES string of the molecule is NCc1ccc(C(=O)NCCCN2CCCCCC2)cc1. The van der Waals surface area contributed by atoms with E-state index in [-0.39, 0.29) is 5.91 Å². The molecule has 1 heterocycles. The lowest BCUT2D eigenvalue weighted by Gasteiger charge is -2.19. The average Bonchev–Trinajstić information content (AvgIpc) is 2.80. The zero-order valence-electron chi connectivity index (χ0n) is 12.8. The molecule has 1 aromatic carbocycles. The fourth-order valence-corrected chi connectivity index (χ4v) is 2.76. The minimum atomic E-state index is 0.00874. The van der Waals surface area contributed by atoms with E-state index in [9.17, 15) is 4.79 Å². The van der Waals surface area contributed by atoms with Crippen LogP contribution in [-0.4, -0.2) is 37.0 Å². The first kappa shape index (κ1) is 16.0. The van der Waals surface area contributed by atoms with Crippen LogP contribution >= 0.6 is 0 Å². The number of carbonyl (C=O) groups is 1. The van der Waals surface area contributed by atoms with E-state index in [2.05, 4.69) is 10.2 Å². The smallest absolute Gasteiger partial charge is 0.251 e. The zero-order chi connectivity index (χ0) is 14.9. The summed E-state index contributed by atoms with van der Waals surface area (Å²) in [5, 5.41) is 2.99. The van der Waals surface area contributed by atoms with Crippen LogP contribution in [0.1, 0.15) is 48.0 Å². The molecular formula is C17H27N3O. The van der Waals surface area contributed by atoms with Gasteiger partial charge in [0.1, 0.15) is 0 Å². The van der Waals surface area contributed by atoms with Crippen LogP contribution in [0.15, 0.2) is 24.3 Å². The first-order chi connectivity index (χ1) is 10.3. The Kier molecular flexibility index (Phi) is 6.70. The number of rotatable bonds is 6. The Morgan fingerprint density at radius 2 is 1.76 bits per heavy atom. The first-order valence-corrected chi connectivity index (χ1v) is 8.09. The molecule has 0 aliphatic carbocycles. The highest BCUT2D eigenvalue weighted by Crippen LogP contribution is 2.09. The summed E-state index contributed by atoms with van der Waals surface area (Å²) >= 11 is 0. The number of nitrogens with one attached hydrogen (secondary N) is 1. The number of nitrogens with zero attached hydrogens (tertiary/aromatic N) is 1. The number of amides is 1. The van der Waals surface area contributed by atoms with Crippen LogP contribution in [0.4, 0.5) is 0 Å². The fourth-order valence-electron chi connectivity index (χ4n) is 2.76. The van der Waals surface area contributed by atoms with Crippen molar-refractivity contribution in [3.63, 3.8) is 0 Å². The third-order valence-corrected chi connectivity index (χ3v) is 4.09. The number of likely N-dealkylation sites (tertiary alicyclic amines) is 1. The predicted molar refractivity (Wildman–Crippen MR) is 86.2 cm³/mol. The van der Waals surface area contributed by atoms with Gasteiger partial charge in [-0.25, -0.2) is 0 Å². The molecule has 0 atom stereocenters. The van der Waals surface area contributed by atoms with Gasteiger partial charge in [0.2, 0.25) is 0 Å². The largest absolute Gasteiger partial charge is 0.352 e. The average molecular weight is 289 g/mol. The minimum Gasteiger partial charge on any atom is -0.352 e. The van der Waals surface area contributed by atoms with Crippen LogP contribution in [0.25, 0.3) is 0 Å². The van der Waals surface area contributed by atoms with E-state index in [1.165, 1.54) is 38.8 Å². The lowest BCUT2D eigenvalue weighted by molar-refractivity contribution is 0.0951. The number of benzene rings is 1. The molecule has 0 spiro atoms. The Hall–Kier alpha value is -1.39. The Bertz CT molecular complexity index is 422. The summed E-state index contributed by atoms with van der Waals surface area (Å²) in [5.74, 6) is 0.00874. The number of hydrogen-bond acceptors (Lipinski definition) is 3. The molecule has 3 N–H and O–H groups in total. The van der Waals surface area contributed by atoms with Gasteiger partial charge in [0.15, 0.2) is 0 Å². The molecule has 2 rings (SSSR count). The highest BCUT2D eigenvalue weighted by atomic mass is 16.1. The van der Waals surface area contributed by atoms with Crippen LogP contribution in [0.5, 0.6) is 0 Å². The van der Waals surface area contributed by atoms with Crippen molar-refractivity contribution in [1.82, 2.24) is 10.2 Å². The second-order valence-electron chi connectivity index (χ2n) is 5.77. The monoisotopic (exact) mass is 289 g/mol. The van der Waals surface area contributed by atoms with Gasteiger partial charge in [-0.05, 0) is 56.6 Å². The van der Waals surface area contributed by atoms with Gasteiger partial charge in [0.05, 0.1) is 0 Å². The summed E-state index contributed by atoms with van der Waals surface area (Å²) in [6.45, 7) is 4.78. The molecule has 4 nitrogen and oxygen atoms in total. The molecule has 1 aliphatic heterocycles. The summed E-state index contributed by atoms with van der Waals surface area (Å²) < 4.78 is 0. The molecule has 0 saturated carbocycles. The third kappa shape index (κ3) is 5.48. The Morgan fingerprint density at radius 3 is 2.38 bits per heavy atom. The van der Waals surface area contributed by atoms with E-state index < -0.39 is 0 Å². The van der Waals surface area contributed by atoms with Crippen LogP contribution in [-0.2, 0) is 6.54 Å². The molecular weight excluding hydrogens is 262 g/mol. The molecule has 0 bridgehead atoms. The first-order valence-electron chi connectivity index (χ1n) is 8.09. The van der Waals surface area contributed by atoms with Gasteiger partial charge in [0.25, 0.3) is 5.91 Å². The third-order valence-electron chi connectivity index (χ3n) is 4.09. The van der Waals surface area contributed by atoms with E-state index in [0.717, 1.165) is 25.1 Å². The van der Waals surface area contributed by atoms with Crippen molar-refractivity contribution in [2.45, 2.75) is 38.6 Å². The minimum absolute atomic E-state index is 0.00874. The van der Waals surface area contributed by atoms with Crippen molar-refractivity contribution in [3.8, 4) is 0 Å². The maximum absolute atomic E-state index is 12.0. The summed E-state index contributed by atoms with van der Waals surface area (Å²) in [6, 6.07) is 7.50. The summed E-state index contributed by atoms with van der Waals surface area (Å²) in [7, 11) is 0. The van der Waals surface area contributed by atoms with E-state index in [1.807, 2.05) is 24.3 Å². The normalized spacial score (nSPS) is 16.4. The standard InChI is InChI=1S/C17H27N3O/c18-14-15-6-8-16(9-7-15)17(21)19-10-5-13-20-11-3-1-2-4-12-20/h6-9H,1-5,10-14,18H2,(H,19,21). The molecule has 0 radical (unpaired) electrons. The Balaban J connectivity index is 1.66. The van der Waals surface area contributed by atoms with Crippen molar-refractivity contribution < 1.29 is 4.79 Å². The van der Waals surface area contributed by atoms with Gasteiger partial charge in [-0.15, -0.1) is 0 Å². The molecule has 1 amide bonds. The zero-order valence-corrected chi connectivity index (χ0v) is 12.8. The summed E-state index contributed by atoms with van der Waals surface area (Å²) in [6.07, 6.45) is 6.39. The van der Waals surface area contributed by atoms with Crippen LogP contribution < -0.4 is 11.1 Å². The molecule has 1 aromatic rings. The molecule has 1 fully saturated rings. The van der Waals surface area contributed by atoms with Crippen molar-refractivity contribution in [2.75, 3.05) is 26.2 Å². The van der Waals surface area contributed by atoms with Gasteiger partial charge in [-0.1, -0.05) is 25.0 Å². The second-order valence-corrected chi connectivity index (χ2v) is 5.77. The van der Waals surface area contributed by atoms with Crippen LogP contribution in [0.3, 0.4) is 0 Å². The lowest BCUT2D eigenvalue weighted by atomic mass is 10.1. The van der Waals surface area contributed by atoms with Gasteiger partial charge in [-0.3, -0.25) is 4.79 Å². The Morgan fingerprint density at radius 1 is 1.10 bits per heavy atom. The molecule has 0 unspecified atom stereocenters. The maximum atomic E-state index is 12.0. The van der Waals surface area contributed by atoms with Crippen molar-refractivity contribution in [1.29, 1.82) is 0 Å². The van der Waals surface area contributed by atoms with Crippen molar-refractivity contribution in [3.05, 3.63) is 35.4 Å². The lowest BCUT2D eigenvalue weighted by Crippen LogP contribution is -2.30. The molecule has 1 aliphatic rings. The van der Waals surface area contributed by atoms with Gasteiger partial charge in [-0.2, -0.15) is 0 Å². The van der Waals surface area contributed by atoms with E-state index in [4.69, 9.17) is 5.73 Å². The highest BCUT2D eigenvalue weighted by Gasteiger charge is 2.09. The number of hydrogen-bond donors (Lipinski definition) is 2. The number of carbonyl (C=O) groups excluding carboxylic acids is 1. The quantitative estimate of drug-likeness (QED) is 0.789. The van der Waals surface area contributed by atoms with Crippen molar-refractivity contribution in [2.24, 2.45) is 5.73 Å². The van der Waals surface area contributed by atoms with Gasteiger partial charge < -0.3 is 16.0 Å². The van der Waals surface area contributed by atoms with Crippen molar-refractivity contribution >= 4 is 5.91 Å². The van der Waals surface area contributed by atoms with E-state index >= 15 is 0 Å². The fraction of sp³-hybridized carbons (Fsp3) is 0.588. The Labute approximate surface area is 127 Å². The van der Waals surface area contributed by atoms with Gasteiger partial charge >= 0.3 is 0 Å². The van der Waals surface area contributed by atoms with Gasteiger partial charge in [0, 0.05) is 18.7 Å². The highest BCUT2D eigenvalue weighted by molar-refractivity contribution is 5.94.